The summed E-state index contributed by atoms with van der Waals surface area (Å²) in [7, 11) is 0. The maximum atomic E-state index is 11.1. The molecule has 2 rings (SSSR count). The molecule has 2 aromatic rings. The third-order valence-electron chi connectivity index (χ3n) is 2.31. The Morgan fingerprint density at radius 2 is 2.17 bits per heavy atom. The van der Waals surface area contributed by atoms with Gasteiger partial charge in [-0.3, -0.25) is 4.79 Å². The molecule has 92 valence electrons. The molecular formula is C13H11ClN2OS. The molecule has 0 unspecified atom stereocenters. The first-order chi connectivity index (χ1) is 8.66. The number of hydrogen-bond acceptors (Lipinski definition) is 3. The molecule has 1 aromatic heterocycles. The van der Waals surface area contributed by atoms with Crippen molar-refractivity contribution in [2.24, 2.45) is 5.73 Å². The molecule has 2 N–H and O–H groups in total. The lowest BCUT2D eigenvalue weighted by Crippen LogP contribution is -2.10. The predicted molar refractivity (Wildman–Crippen MR) is 73.8 cm³/mol. The number of thioether (sulfide) groups is 1. The minimum absolute atomic E-state index is 0.419. The van der Waals surface area contributed by atoms with Crippen molar-refractivity contribution >= 4 is 29.3 Å². The summed E-state index contributed by atoms with van der Waals surface area (Å²) in [5.41, 5.74) is 6.76. The van der Waals surface area contributed by atoms with Gasteiger partial charge < -0.3 is 5.73 Å². The molecule has 18 heavy (non-hydrogen) atoms. The smallest absolute Gasteiger partial charge is 0.248 e. The van der Waals surface area contributed by atoms with Crippen molar-refractivity contribution < 1.29 is 4.79 Å². The van der Waals surface area contributed by atoms with Crippen LogP contribution < -0.4 is 5.73 Å². The van der Waals surface area contributed by atoms with E-state index < -0.39 is 5.91 Å². The van der Waals surface area contributed by atoms with Crippen molar-refractivity contribution in [1.29, 1.82) is 0 Å². The lowest BCUT2D eigenvalue weighted by Gasteiger charge is -2.04. The summed E-state index contributed by atoms with van der Waals surface area (Å²) in [5, 5.41) is 1.41. The lowest BCUT2D eigenvalue weighted by molar-refractivity contribution is 0.1000. The number of hydrogen-bond donors (Lipinski definition) is 1. The van der Waals surface area contributed by atoms with Gasteiger partial charge in [0, 0.05) is 17.5 Å². The molecule has 1 heterocycles. The molecule has 0 atom stereocenters. The van der Waals surface area contributed by atoms with Gasteiger partial charge in [-0.05, 0) is 29.8 Å². The Bertz CT molecular complexity index is 574. The summed E-state index contributed by atoms with van der Waals surface area (Å²) in [6.07, 6.45) is 1.70. The molecule has 3 nitrogen and oxygen atoms in total. The van der Waals surface area contributed by atoms with E-state index in [1.807, 2.05) is 12.1 Å². The first-order valence-electron chi connectivity index (χ1n) is 5.29. The third-order valence-corrected chi connectivity index (χ3v) is 3.81. The van der Waals surface area contributed by atoms with Crippen LogP contribution in [-0.2, 0) is 5.75 Å². The van der Waals surface area contributed by atoms with Gasteiger partial charge in [-0.25, -0.2) is 4.98 Å². The van der Waals surface area contributed by atoms with Crippen LogP contribution in [0.2, 0.25) is 5.02 Å². The molecule has 0 saturated heterocycles. The van der Waals surface area contributed by atoms with Crippen molar-refractivity contribution in [2.45, 2.75) is 10.8 Å². The number of aromatic nitrogens is 1. The van der Waals surface area contributed by atoms with E-state index in [1.54, 1.807) is 30.5 Å². The minimum atomic E-state index is -0.419. The summed E-state index contributed by atoms with van der Waals surface area (Å²) in [6.45, 7) is 0. The van der Waals surface area contributed by atoms with E-state index in [0.29, 0.717) is 16.3 Å². The van der Waals surface area contributed by atoms with Crippen LogP contribution in [0.3, 0.4) is 0 Å². The maximum absolute atomic E-state index is 11.1. The molecule has 1 aromatic carbocycles. The van der Waals surface area contributed by atoms with E-state index in [2.05, 4.69) is 4.98 Å². The van der Waals surface area contributed by atoms with Crippen molar-refractivity contribution in [3.8, 4) is 0 Å². The number of nitrogens with zero attached hydrogens (tertiary/aromatic N) is 1. The number of halogens is 1. The quantitative estimate of drug-likeness (QED) is 0.874. The fraction of sp³-hybridized carbons (Fsp3) is 0.0769. The Balaban J connectivity index is 2.09. The van der Waals surface area contributed by atoms with E-state index in [1.165, 1.54) is 11.8 Å². The number of rotatable bonds is 4. The third kappa shape index (κ3) is 3.24. The first-order valence-corrected chi connectivity index (χ1v) is 6.65. The summed E-state index contributed by atoms with van der Waals surface area (Å²) < 4.78 is 0. The van der Waals surface area contributed by atoms with E-state index in [9.17, 15) is 4.79 Å². The van der Waals surface area contributed by atoms with Gasteiger partial charge in [0.25, 0.3) is 0 Å². The zero-order chi connectivity index (χ0) is 13.0. The standard InChI is InChI=1S/C13H11ClN2OS/c14-11-5-2-6-16-13(11)18-8-9-3-1-4-10(7-9)12(15)17/h1-7H,8H2,(H2,15,17). The Hall–Kier alpha value is -1.52. The lowest BCUT2D eigenvalue weighted by atomic mass is 10.1. The highest BCUT2D eigenvalue weighted by molar-refractivity contribution is 7.98. The molecule has 0 aliphatic carbocycles. The molecule has 0 radical (unpaired) electrons. The zero-order valence-electron chi connectivity index (χ0n) is 9.47. The molecule has 0 aliphatic heterocycles. The van der Waals surface area contributed by atoms with Gasteiger partial charge in [-0.1, -0.05) is 23.7 Å². The summed E-state index contributed by atoms with van der Waals surface area (Å²) in [6, 6.07) is 10.8. The monoisotopic (exact) mass is 278 g/mol. The van der Waals surface area contributed by atoms with E-state index in [4.69, 9.17) is 17.3 Å². The maximum Gasteiger partial charge on any atom is 0.248 e. The van der Waals surface area contributed by atoms with Gasteiger partial charge in [0.2, 0.25) is 5.91 Å². The van der Waals surface area contributed by atoms with Crippen LogP contribution in [0.1, 0.15) is 15.9 Å². The predicted octanol–water partition coefficient (Wildman–Crippen LogP) is 3.13. The molecule has 0 spiro atoms. The molecule has 0 aliphatic rings. The van der Waals surface area contributed by atoms with Crippen molar-refractivity contribution in [3.63, 3.8) is 0 Å². The molecule has 0 bridgehead atoms. The fourth-order valence-corrected chi connectivity index (χ4v) is 2.55. The van der Waals surface area contributed by atoms with E-state index >= 15 is 0 Å². The van der Waals surface area contributed by atoms with Gasteiger partial charge in [0.05, 0.1) is 5.02 Å². The van der Waals surface area contributed by atoms with Gasteiger partial charge in [0.15, 0.2) is 0 Å². The van der Waals surface area contributed by atoms with Crippen molar-refractivity contribution in [1.82, 2.24) is 4.98 Å². The van der Waals surface area contributed by atoms with Crippen LogP contribution in [0.25, 0.3) is 0 Å². The Morgan fingerprint density at radius 3 is 2.89 bits per heavy atom. The number of nitrogens with two attached hydrogens (primary N) is 1. The number of primary amides is 1. The highest BCUT2D eigenvalue weighted by Crippen LogP contribution is 2.27. The van der Waals surface area contributed by atoms with Gasteiger partial charge in [-0.15, -0.1) is 11.8 Å². The molecule has 1 amide bonds. The van der Waals surface area contributed by atoms with Crippen LogP contribution in [0.15, 0.2) is 47.6 Å². The Labute approximate surface area is 114 Å². The van der Waals surface area contributed by atoms with E-state index in [0.717, 1.165) is 10.6 Å². The van der Waals surface area contributed by atoms with Crippen LogP contribution in [0.4, 0.5) is 0 Å². The van der Waals surface area contributed by atoms with Crippen molar-refractivity contribution in [2.75, 3.05) is 0 Å². The van der Waals surface area contributed by atoms with Gasteiger partial charge in [0.1, 0.15) is 5.03 Å². The molecular weight excluding hydrogens is 268 g/mol. The summed E-state index contributed by atoms with van der Waals surface area (Å²) in [4.78, 5) is 15.3. The topological polar surface area (TPSA) is 56.0 Å². The van der Waals surface area contributed by atoms with Gasteiger partial charge >= 0.3 is 0 Å². The zero-order valence-corrected chi connectivity index (χ0v) is 11.0. The van der Waals surface area contributed by atoms with Crippen LogP contribution >= 0.6 is 23.4 Å². The van der Waals surface area contributed by atoms with Crippen LogP contribution in [-0.4, -0.2) is 10.9 Å². The van der Waals surface area contributed by atoms with Crippen LogP contribution in [0, 0.1) is 0 Å². The summed E-state index contributed by atoms with van der Waals surface area (Å²) >= 11 is 7.54. The highest BCUT2D eigenvalue weighted by Gasteiger charge is 2.04. The summed E-state index contributed by atoms with van der Waals surface area (Å²) in [5.74, 6) is 0.274. The average Bonchev–Trinajstić information content (AvgIpc) is 2.38. The van der Waals surface area contributed by atoms with E-state index in [-0.39, 0.29) is 0 Å². The van der Waals surface area contributed by atoms with Crippen molar-refractivity contribution in [3.05, 3.63) is 58.7 Å². The largest absolute Gasteiger partial charge is 0.366 e. The number of carbonyl (C=O) groups is 1. The second-order valence-corrected chi connectivity index (χ2v) is 5.01. The number of carbonyl (C=O) groups excluding carboxylic acids is 1. The Kier molecular flexibility index (Phi) is 4.23. The number of benzene rings is 1. The fourth-order valence-electron chi connectivity index (χ4n) is 1.44. The Morgan fingerprint density at radius 1 is 1.33 bits per heavy atom. The van der Waals surface area contributed by atoms with Gasteiger partial charge in [-0.2, -0.15) is 0 Å². The highest BCUT2D eigenvalue weighted by atomic mass is 35.5. The normalized spacial score (nSPS) is 10.3. The molecule has 5 heteroatoms. The molecule has 0 fully saturated rings. The van der Waals surface area contributed by atoms with Crippen LogP contribution in [0.5, 0.6) is 0 Å². The number of amides is 1. The first kappa shape index (κ1) is 12.9. The SMILES string of the molecule is NC(=O)c1cccc(CSc2ncccc2Cl)c1. The molecule has 0 saturated carbocycles. The second-order valence-electron chi connectivity index (χ2n) is 3.64. The average molecular weight is 279 g/mol. The second kappa shape index (κ2) is 5.89. The number of pyridine rings is 1. The minimum Gasteiger partial charge on any atom is -0.366 e.